The summed E-state index contributed by atoms with van der Waals surface area (Å²) in [4.78, 5) is 40.8. The van der Waals surface area contributed by atoms with Crippen molar-refractivity contribution in [1.82, 2.24) is 29.0 Å². The van der Waals surface area contributed by atoms with E-state index in [2.05, 4.69) is 32.0 Å². The molecule has 2 aliphatic carbocycles. The van der Waals surface area contributed by atoms with E-state index in [0.717, 1.165) is 53.0 Å². The van der Waals surface area contributed by atoms with Crippen LogP contribution < -0.4 is 21.5 Å². The van der Waals surface area contributed by atoms with Crippen LogP contribution in [0.25, 0.3) is 33.5 Å². The first kappa shape index (κ1) is 27.6. The van der Waals surface area contributed by atoms with Crippen LogP contribution >= 0.6 is 0 Å². The molecule has 3 atom stereocenters. The summed E-state index contributed by atoms with van der Waals surface area (Å²) in [5.74, 6) is 2.05. The maximum atomic E-state index is 13.7. The largest absolute Gasteiger partial charge is 0.494 e. The molecule has 12 nitrogen and oxygen atoms in total. The van der Waals surface area contributed by atoms with Crippen molar-refractivity contribution in [3.05, 3.63) is 60.0 Å². The van der Waals surface area contributed by atoms with Crippen LogP contribution in [-0.2, 0) is 13.6 Å². The minimum absolute atomic E-state index is 0.0205. The van der Waals surface area contributed by atoms with Crippen molar-refractivity contribution in [3.63, 3.8) is 0 Å². The molecule has 0 radical (unpaired) electrons. The SMILES string of the molecule is COc1cc(C(=O)N2CC3CCC2[C@@H]3N)cc2nc(-c3cc4cccc(Nc5ccnc(C(N)=O)n5)c4n3CC3CC3)n(C)c12. The number of nitrogens with one attached hydrogen (secondary N) is 1. The molecule has 3 aliphatic rings. The fraction of sp³-hybridized carbons (Fsp3) is 0.364. The van der Waals surface area contributed by atoms with E-state index in [9.17, 15) is 9.59 Å². The van der Waals surface area contributed by atoms with Crippen molar-refractivity contribution in [2.75, 3.05) is 19.0 Å². The fourth-order valence-corrected chi connectivity index (χ4v) is 7.31. The summed E-state index contributed by atoms with van der Waals surface area (Å²) in [5.41, 5.74) is 16.7. The number of piperidine rings is 1. The summed E-state index contributed by atoms with van der Waals surface area (Å²) in [5, 5.41) is 4.42. The normalized spacial score (nSPS) is 20.8. The third-order valence-corrected chi connectivity index (χ3v) is 9.74. The van der Waals surface area contributed by atoms with E-state index in [4.69, 9.17) is 21.2 Å². The Morgan fingerprint density at radius 3 is 2.62 bits per heavy atom. The number of anilines is 2. The number of hydrogen-bond donors (Lipinski definition) is 3. The molecule has 2 amide bonds. The Morgan fingerprint density at radius 1 is 1.07 bits per heavy atom. The molecule has 230 valence electrons. The number of amides is 2. The summed E-state index contributed by atoms with van der Waals surface area (Å²) in [6, 6.07) is 13.8. The number of primary amides is 1. The van der Waals surface area contributed by atoms with Gasteiger partial charge < -0.3 is 35.6 Å². The highest BCUT2D eigenvalue weighted by atomic mass is 16.5. The molecule has 4 heterocycles. The number of carbonyl (C=O) groups excluding carboxylic acids is 2. The van der Waals surface area contributed by atoms with Crippen LogP contribution in [0.1, 0.15) is 46.7 Å². The zero-order chi connectivity index (χ0) is 31.0. The van der Waals surface area contributed by atoms with Gasteiger partial charge in [0.1, 0.15) is 17.1 Å². The van der Waals surface area contributed by atoms with E-state index < -0.39 is 5.91 Å². The van der Waals surface area contributed by atoms with E-state index in [1.807, 2.05) is 40.8 Å². The lowest BCUT2D eigenvalue weighted by atomic mass is 10.1. The molecular weight excluding hydrogens is 570 g/mol. The number of rotatable bonds is 8. The number of likely N-dealkylation sites (tertiary alicyclic amines) is 1. The average molecular weight is 606 g/mol. The monoisotopic (exact) mass is 605 g/mol. The number of nitrogens with two attached hydrogens (primary N) is 2. The average Bonchev–Trinajstić information content (AvgIpc) is 3.42. The summed E-state index contributed by atoms with van der Waals surface area (Å²) >= 11 is 0. The molecule has 5 aromatic rings. The van der Waals surface area contributed by atoms with E-state index in [1.54, 1.807) is 13.2 Å². The van der Waals surface area contributed by atoms with Gasteiger partial charge in [0.15, 0.2) is 5.82 Å². The Hall–Kier alpha value is -4.97. The minimum Gasteiger partial charge on any atom is -0.494 e. The molecule has 3 fully saturated rings. The molecule has 12 heteroatoms. The molecule has 1 aliphatic heterocycles. The first-order valence-electron chi connectivity index (χ1n) is 15.4. The number of methoxy groups -OCH3 is 1. The molecule has 8 rings (SSSR count). The third kappa shape index (κ3) is 4.50. The molecule has 2 bridgehead atoms. The standard InChI is InChI=1S/C33H35N9O3/c1-40-29-22(12-20(14-25(29)45-2)33(44)42-16-19-8-9-23(42)27(19)34)38-32(40)24-13-18-4-3-5-21(28(18)41(24)15-17-6-7-17)37-26-10-11-36-31(39-26)30(35)43/h3-5,10-14,17,19,23,27H,6-9,15-16,34H2,1-2H3,(H2,35,43)(H,36,37,39)/t19?,23?,27-/m1/s1. The Morgan fingerprint density at radius 2 is 1.91 bits per heavy atom. The predicted molar refractivity (Wildman–Crippen MR) is 170 cm³/mol. The summed E-state index contributed by atoms with van der Waals surface area (Å²) in [7, 11) is 3.61. The van der Waals surface area contributed by atoms with Crippen molar-refractivity contribution in [2.24, 2.45) is 30.4 Å². The van der Waals surface area contributed by atoms with E-state index in [0.29, 0.717) is 41.0 Å². The maximum absolute atomic E-state index is 13.7. The second-order valence-electron chi connectivity index (χ2n) is 12.6. The predicted octanol–water partition coefficient (Wildman–Crippen LogP) is 3.81. The Kier molecular flexibility index (Phi) is 6.31. The van der Waals surface area contributed by atoms with Crippen LogP contribution in [0.15, 0.2) is 48.7 Å². The molecule has 3 aromatic heterocycles. The Labute approximate surface area is 259 Å². The smallest absolute Gasteiger partial charge is 0.286 e. The van der Waals surface area contributed by atoms with E-state index in [-0.39, 0.29) is 23.8 Å². The lowest BCUT2D eigenvalue weighted by Gasteiger charge is -2.27. The summed E-state index contributed by atoms with van der Waals surface area (Å²) in [6.07, 6.45) is 5.90. The van der Waals surface area contributed by atoms with E-state index >= 15 is 0 Å². The number of imidazole rings is 1. The highest BCUT2D eigenvalue weighted by Crippen LogP contribution is 2.41. The van der Waals surface area contributed by atoms with Crippen LogP contribution in [-0.4, -0.2) is 66.5 Å². The lowest BCUT2D eigenvalue weighted by molar-refractivity contribution is 0.0700. The quantitative estimate of drug-likeness (QED) is 0.241. The highest BCUT2D eigenvalue weighted by Gasteiger charge is 2.47. The van der Waals surface area contributed by atoms with Crippen LogP contribution in [0.4, 0.5) is 11.5 Å². The van der Waals surface area contributed by atoms with Gasteiger partial charge in [-0.05, 0) is 67.9 Å². The van der Waals surface area contributed by atoms with E-state index in [1.165, 1.54) is 19.0 Å². The second-order valence-corrected chi connectivity index (χ2v) is 12.6. The highest BCUT2D eigenvalue weighted by molar-refractivity contribution is 6.01. The topological polar surface area (TPSA) is 159 Å². The molecule has 2 saturated carbocycles. The number of para-hydroxylation sites is 1. The third-order valence-electron chi connectivity index (χ3n) is 9.74. The lowest BCUT2D eigenvalue weighted by Crippen LogP contribution is -2.41. The molecular formula is C33H35N9O3. The zero-order valence-corrected chi connectivity index (χ0v) is 25.2. The first-order chi connectivity index (χ1) is 21.8. The van der Waals surface area contributed by atoms with Crippen molar-refractivity contribution in [2.45, 2.75) is 44.3 Å². The van der Waals surface area contributed by atoms with Crippen molar-refractivity contribution >= 4 is 45.3 Å². The van der Waals surface area contributed by atoms with Gasteiger partial charge >= 0.3 is 0 Å². The second kappa shape index (κ2) is 10.3. The minimum atomic E-state index is -0.686. The van der Waals surface area contributed by atoms with Crippen molar-refractivity contribution in [3.8, 4) is 17.3 Å². The summed E-state index contributed by atoms with van der Waals surface area (Å²) < 4.78 is 10.2. The van der Waals surface area contributed by atoms with Gasteiger partial charge in [-0.25, -0.2) is 15.0 Å². The van der Waals surface area contributed by atoms with Crippen LogP contribution in [0.3, 0.4) is 0 Å². The number of aromatic nitrogens is 5. The van der Waals surface area contributed by atoms with Gasteiger partial charge in [0.25, 0.3) is 11.8 Å². The molecule has 2 aromatic carbocycles. The molecule has 5 N–H and O–H groups in total. The number of carbonyl (C=O) groups is 2. The van der Waals surface area contributed by atoms with Crippen LogP contribution in [0, 0.1) is 11.8 Å². The first-order valence-corrected chi connectivity index (χ1v) is 15.4. The molecule has 45 heavy (non-hydrogen) atoms. The number of nitrogens with zero attached hydrogens (tertiary/aromatic N) is 6. The Balaban J connectivity index is 1.23. The van der Waals surface area contributed by atoms with Gasteiger partial charge in [0, 0.05) is 49.4 Å². The molecule has 2 unspecified atom stereocenters. The Bertz CT molecular complexity index is 2010. The van der Waals surface area contributed by atoms with Crippen LogP contribution in [0.5, 0.6) is 5.75 Å². The summed E-state index contributed by atoms with van der Waals surface area (Å²) in [6.45, 7) is 1.53. The van der Waals surface area contributed by atoms with Crippen LogP contribution in [0.2, 0.25) is 0 Å². The number of benzene rings is 2. The molecule has 1 saturated heterocycles. The molecule has 0 spiro atoms. The van der Waals surface area contributed by atoms with Gasteiger partial charge in [-0.3, -0.25) is 9.59 Å². The van der Waals surface area contributed by atoms with Gasteiger partial charge in [-0.15, -0.1) is 0 Å². The fourth-order valence-electron chi connectivity index (χ4n) is 7.31. The zero-order valence-electron chi connectivity index (χ0n) is 25.2. The number of hydrogen-bond acceptors (Lipinski definition) is 8. The van der Waals surface area contributed by atoms with Crippen molar-refractivity contribution in [1.29, 1.82) is 0 Å². The van der Waals surface area contributed by atoms with Gasteiger partial charge in [0.2, 0.25) is 5.82 Å². The van der Waals surface area contributed by atoms with Gasteiger partial charge in [-0.2, -0.15) is 0 Å². The number of fused-ring (bicyclic) bond motifs is 4. The van der Waals surface area contributed by atoms with Gasteiger partial charge in [-0.1, -0.05) is 12.1 Å². The van der Waals surface area contributed by atoms with Gasteiger partial charge in [0.05, 0.1) is 29.5 Å². The number of ether oxygens (including phenoxy) is 1. The van der Waals surface area contributed by atoms with Crippen molar-refractivity contribution < 1.29 is 14.3 Å². The maximum Gasteiger partial charge on any atom is 0.286 e. The number of aryl methyl sites for hydroxylation is 1.